The number of aliphatic imine (C=N–C) groups is 1. The van der Waals surface area contributed by atoms with Crippen LogP contribution in [0.2, 0.25) is 0 Å². The Morgan fingerprint density at radius 1 is 1.25 bits per heavy atom. The fraction of sp³-hybridized carbons (Fsp3) is 0.417. The number of guanidine groups is 1. The van der Waals surface area contributed by atoms with E-state index in [9.17, 15) is 9.18 Å². The molecule has 0 heterocycles. The molecule has 1 atom stereocenters. The molecule has 0 aromatic heterocycles. The third kappa shape index (κ3) is 7.44. The maximum atomic E-state index is 14.4. The summed E-state index contributed by atoms with van der Waals surface area (Å²) in [4.78, 5) is 15.5. The van der Waals surface area contributed by atoms with Crippen molar-refractivity contribution in [2.24, 2.45) is 16.6 Å². The number of amides is 1. The molecule has 1 amide bonds. The lowest BCUT2D eigenvalue weighted by Gasteiger charge is -2.19. The predicted molar refractivity (Wildman–Crippen MR) is 122 cm³/mol. The van der Waals surface area contributed by atoms with E-state index in [0.717, 1.165) is 24.0 Å². The van der Waals surface area contributed by atoms with Crippen molar-refractivity contribution in [2.75, 3.05) is 19.8 Å². The van der Waals surface area contributed by atoms with Crippen molar-refractivity contribution in [3.8, 4) is 11.5 Å². The summed E-state index contributed by atoms with van der Waals surface area (Å²) >= 11 is 0. The SMILES string of the molecule is CCNC(=NCc1cccc(OCC(N)=O)c1)NC(C)c1ccc(OCC2CC2)c(F)c1. The topological polar surface area (TPSA) is 98.0 Å². The predicted octanol–water partition coefficient (Wildman–Crippen LogP) is 3.29. The molecule has 0 saturated heterocycles. The molecule has 7 nitrogen and oxygen atoms in total. The first-order valence-electron chi connectivity index (χ1n) is 10.9. The Balaban J connectivity index is 1.61. The average Bonchev–Trinajstić information content (AvgIpc) is 3.60. The Morgan fingerprint density at radius 2 is 2.06 bits per heavy atom. The fourth-order valence-electron chi connectivity index (χ4n) is 3.06. The van der Waals surface area contributed by atoms with Crippen LogP contribution in [0.25, 0.3) is 0 Å². The summed E-state index contributed by atoms with van der Waals surface area (Å²) in [5, 5.41) is 6.51. The highest BCUT2D eigenvalue weighted by Gasteiger charge is 2.22. The van der Waals surface area contributed by atoms with E-state index in [1.165, 1.54) is 6.07 Å². The number of hydrogen-bond donors (Lipinski definition) is 3. The molecule has 1 unspecified atom stereocenters. The first-order valence-corrected chi connectivity index (χ1v) is 10.9. The van der Waals surface area contributed by atoms with Gasteiger partial charge in [-0.2, -0.15) is 0 Å². The minimum Gasteiger partial charge on any atom is -0.490 e. The number of hydrogen-bond acceptors (Lipinski definition) is 4. The van der Waals surface area contributed by atoms with Crippen LogP contribution >= 0.6 is 0 Å². The largest absolute Gasteiger partial charge is 0.490 e. The van der Waals surface area contributed by atoms with Gasteiger partial charge in [0.1, 0.15) is 5.75 Å². The van der Waals surface area contributed by atoms with Crippen LogP contribution in [0.3, 0.4) is 0 Å². The van der Waals surface area contributed by atoms with Crippen LogP contribution in [0.1, 0.15) is 43.9 Å². The van der Waals surface area contributed by atoms with Crippen LogP contribution in [-0.2, 0) is 11.3 Å². The van der Waals surface area contributed by atoms with Gasteiger partial charge in [0.05, 0.1) is 19.2 Å². The molecular formula is C24H31FN4O3. The first kappa shape index (κ1) is 23.4. The highest BCUT2D eigenvalue weighted by molar-refractivity contribution is 5.80. The Bertz CT molecular complexity index is 947. The number of carbonyl (C=O) groups is 1. The van der Waals surface area contributed by atoms with Crippen LogP contribution in [0.5, 0.6) is 11.5 Å². The molecule has 32 heavy (non-hydrogen) atoms. The number of nitrogens with one attached hydrogen (secondary N) is 2. The lowest BCUT2D eigenvalue weighted by molar-refractivity contribution is -0.119. The summed E-state index contributed by atoms with van der Waals surface area (Å²) in [6.07, 6.45) is 2.33. The molecule has 172 valence electrons. The Labute approximate surface area is 188 Å². The fourth-order valence-corrected chi connectivity index (χ4v) is 3.06. The molecule has 1 aliphatic carbocycles. The average molecular weight is 443 g/mol. The Morgan fingerprint density at radius 3 is 2.75 bits per heavy atom. The maximum absolute atomic E-state index is 14.4. The number of ether oxygens (including phenoxy) is 2. The third-order valence-corrected chi connectivity index (χ3v) is 5.02. The van der Waals surface area contributed by atoms with Gasteiger partial charge in [-0.05, 0) is 68.0 Å². The second-order valence-corrected chi connectivity index (χ2v) is 7.91. The zero-order valence-corrected chi connectivity index (χ0v) is 18.6. The molecule has 1 aliphatic rings. The lowest BCUT2D eigenvalue weighted by Crippen LogP contribution is -2.38. The summed E-state index contributed by atoms with van der Waals surface area (Å²) < 4.78 is 25.4. The Kier molecular flexibility index (Phi) is 8.30. The smallest absolute Gasteiger partial charge is 0.255 e. The summed E-state index contributed by atoms with van der Waals surface area (Å²) in [5.41, 5.74) is 6.83. The quantitative estimate of drug-likeness (QED) is 0.366. The maximum Gasteiger partial charge on any atom is 0.255 e. The van der Waals surface area contributed by atoms with Crippen molar-refractivity contribution in [1.82, 2.24) is 10.6 Å². The van der Waals surface area contributed by atoms with E-state index in [0.29, 0.717) is 43.1 Å². The number of rotatable bonds is 11. The van der Waals surface area contributed by atoms with Gasteiger partial charge in [0.2, 0.25) is 0 Å². The van der Waals surface area contributed by atoms with Gasteiger partial charge in [0.15, 0.2) is 24.1 Å². The summed E-state index contributed by atoms with van der Waals surface area (Å²) in [6.45, 7) is 5.42. The van der Waals surface area contributed by atoms with Gasteiger partial charge in [-0.25, -0.2) is 9.38 Å². The molecule has 2 aromatic carbocycles. The van der Waals surface area contributed by atoms with Crippen molar-refractivity contribution in [2.45, 2.75) is 39.3 Å². The number of benzene rings is 2. The van der Waals surface area contributed by atoms with E-state index in [1.807, 2.05) is 38.1 Å². The summed E-state index contributed by atoms with van der Waals surface area (Å²) in [5.74, 6) is 1.16. The van der Waals surface area contributed by atoms with E-state index in [1.54, 1.807) is 12.1 Å². The number of halogens is 1. The van der Waals surface area contributed by atoms with Gasteiger partial charge >= 0.3 is 0 Å². The number of nitrogens with zero attached hydrogens (tertiary/aromatic N) is 1. The minimum absolute atomic E-state index is 0.162. The van der Waals surface area contributed by atoms with Gasteiger partial charge in [-0.1, -0.05) is 18.2 Å². The van der Waals surface area contributed by atoms with Crippen molar-refractivity contribution in [3.63, 3.8) is 0 Å². The van der Waals surface area contributed by atoms with Crippen LogP contribution in [0, 0.1) is 11.7 Å². The van der Waals surface area contributed by atoms with Crippen molar-refractivity contribution < 1.29 is 18.7 Å². The lowest BCUT2D eigenvalue weighted by atomic mass is 10.1. The molecule has 0 bridgehead atoms. The molecule has 0 spiro atoms. The molecule has 1 fully saturated rings. The van der Waals surface area contributed by atoms with Crippen molar-refractivity contribution in [3.05, 3.63) is 59.4 Å². The Hall–Kier alpha value is -3.29. The van der Waals surface area contributed by atoms with E-state index in [2.05, 4.69) is 15.6 Å². The van der Waals surface area contributed by atoms with E-state index >= 15 is 0 Å². The van der Waals surface area contributed by atoms with E-state index in [4.69, 9.17) is 15.2 Å². The molecule has 2 aromatic rings. The van der Waals surface area contributed by atoms with Crippen LogP contribution in [0.4, 0.5) is 4.39 Å². The second-order valence-electron chi connectivity index (χ2n) is 7.91. The first-order chi connectivity index (χ1) is 15.4. The zero-order valence-electron chi connectivity index (χ0n) is 18.6. The molecule has 0 radical (unpaired) electrons. The van der Waals surface area contributed by atoms with Crippen molar-refractivity contribution >= 4 is 11.9 Å². The van der Waals surface area contributed by atoms with Gasteiger partial charge < -0.3 is 25.8 Å². The molecule has 0 aliphatic heterocycles. The van der Waals surface area contributed by atoms with Crippen LogP contribution < -0.4 is 25.8 Å². The number of nitrogens with two attached hydrogens (primary N) is 1. The number of primary amides is 1. The summed E-state index contributed by atoms with van der Waals surface area (Å²) in [6, 6.07) is 12.2. The van der Waals surface area contributed by atoms with Gasteiger partial charge in [-0.3, -0.25) is 4.79 Å². The van der Waals surface area contributed by atoms with Crippen molar-refractivity contribution in [1.29, 1.82) is 0 Å². The highest BCUT2D eigenvalue weighted by atomic mass is 19.1. The van der Waals surface area contributed by atoms with Crippen LogP contribution in [-0.4, -0.2) is 31.6 Å². The minimum atomic E-state index is -0.528. The molecule has 3 rings (SSSR count). The number of carbonyl (C=O) groups excluding carboxylic acids is 1. The second kappa shape index (κ2) is 11.4. The van der Waals surface area contributed by atoms with Gasteiger partial charge in [0, 0.05) is 6.54 Å². The van der Waals surface area contributed by atoms with E-state index < -0.39 is 5.91 Å². The summed E-state index contributed by atoms with van der Waals surface area (Å²) in [7, 11) is 0. The molecule has 1 saturated carbocycles. The van der Waals surface area contributed by atoms with E-state index in [-0.39, 0.29) is 18.5 Å². The monoisotopic (exact) mass is 442 g/mol. The van der Waals surface area contributed by atoms with Gasteiger partial charge in [-0.15, -0.1) is 0 Å². The van der Waals surface area contributed by atoms with Crippen LogP contribution in [0.15, 0.2) is 47.5 Å². The highest BCUT2D eigenvalue weighted by Crippen LogP contribution is 2.30. The molecule has 8 heteroatoms. The standard InChI is InChI=1S/C24H31FN4O3/c1-3-27-24(28-13-18-5-4-6-20(11-18)31-15-23(26)30)29-16(2)19-9-10-22(21(25)12-19)32-14-17-7-8-17/h4-6,9-12,16-17H,3,7-8,13-15H2,1-2H3,(H2,26,30)(H2,27,28,29). The molecular weight excluding hydrogens is 411 g/mol. The third-order valence-electron chi connectivity index (χ3n) is 5.02. The normalized spacial score (nSPS) is 14.5. The zero-order chi connectivity index (χ0) is 22.9. The molecule has 4 N–H and O–H groups in total. The van der Waals surface area contributed by atoms with Gasteiger partial charge in [0.25, 0.3) is 5.91 Å².